The SMILES string of the molecule is COc1cc(/C=N\NC(=O)N[C@H]2O[C@@H](CO)[C@@H](O)[C@H](O)[C@@H]2O)ccc1O. The topological polar surface area (TPSA) is 173 Å². The summed E-state index contributed by atoms with van der Waals surface area (Å²) in [6.07, 6.45) is -5.91. The average molecular weight is 371 g/mol. The van der Waals surface area contributed by atoms with E-state index < -0.39 is 43.3 Å². The zero-order valence-corrected chi connectivity index (χ0v) is 13.8. The van der Waals surface area contributed by atoms with Crippen molar-refractivity contribution in [2.45, 2.75) is 30.6 Å². The van der Waals surface area contributed by atoms with Gasteiger partial charge in [-0.1, -0.05) is 0 Å². The van der Waals surface area contributed by atoms with Gasteiger partial charge in [0.15, 0.2) is 17.7 Å². The van der Waals surface area contributed by atoms with Gasteiger partial charge in [-0.2, -0.15) is 5.10 Å². The highest BCUT2D eigenvalue weighted by Crippen LogP contribution is 2.25. The number of rotatable bonds is 5. The summed E-state index contributed by atoms with van der Waals surface area (Å²) in [5.41, 5.74) is 2.66. The fraction of sp³-hybridized carbons (Fsp3) is 0.467. The number of hydrogen-bond donors (Lipinski definition) is 7. The number of phenols is 1. The van der Waals surface area contributed by atoms with Crippen molar-refractivity contribution in [2.75, 3.05) is 13.7 Å². The van der Waals surface area contributed by atoms with E-state index in [2.05, 4.69) is 15.8 Å². The molecule has 1 aliphatic heterocycles. The third-order valence-electron chi connectivity index (χ3n) is 3.75. The van der Waals surface area contributed by atoms with Crippen molar-refractivity contribution in [1.82, 2.24) is 10.7 Å². The third kappa shape index (κ3) is 4.59. The number of hydrogen-bond acceptors (Lipinski definition) is 9. The van der Waals surface area contributed by atoms with Crippen molar-refractivity contribution in [1.29, 1.82) is 0 Å². The third-order valence-corrected chi connectivity index (χ3v) is 3.75. The Morgan fingerprint density at radius 3 is 2.69 bits per heavy atom. The lowest BCUT2D eigenvalue weighted by Gasteiger charge is -2.39. The molecule has 1 aromatic carbocycles. The summed E-state index contributed by atoms with van der Waals surface area (Å²) in [5, 5.41) is 53.6. The zero-order chi connectivity index (χ0) is 19.3. The Kier molecular flexibility index (Phi) is 6.71. The highest BCUT2D eigenvalue weighted by molar-refractivity contribution is 5.82. The number of carbonyl (C=O) groups is 1. The lowest BCUT2D eigenvalue weighted by Crippen LogP contribution is -2.63. The number of methoxy groups -OCH3 is 1. The van der Waals surface area contributed by atoms with Gasteiger partial charge in [0, 0.05) is 0 Å². The van der Waals surface area contributed by atoms with E-state index in [4.69, 9.17) is 14.6 Å². The number of carbonyl (C=O) groups excluding carboxylic acids is 1. The normalized spacial score (nSPS) is 28.7. The second-order valence-electron chi connectivity index (χ2n) is 5.52. The van der Waals surface area contributed by atoms with Crippen molar-refractivity contribution >= 4 is 12.2 Å². The Bertz CT molecular complexity index is 654. The van der Waals surface area contributed by atoms with Crippen LogP contribution >= 0.6 is 0 Å². The number of aliphatic hydroxyl groups is 4. The molecule has 144 valence electrons. The molecule has 0 bridgehead atoms. The molecule has 0 aromatic heterocycles. The van der Waals surface area contributed by atoms with Crippen LogP contribution in [0.3, 0.4) is 0 Å². The maximum Gasteiger partial charge on any atom is 0.337 e. The van der Waals surface area contributed by atoms with Crippen LogP contribution in [0.1, 0.15) is 5.56 Å². The van der Waals surface area contributed by atoms with Crippen LogP contribution in [0.4, 0.5) is 4.79 Å². The Hall–Kier alpha value is -2.44. The molecule has 26 heavy (non-hydrogen) atoms. The molecule has 1 fully saturated rings. The van der Waals surface area contributed by atoms with Crippen molar-refractivity contribution < 1.29 is 39.8 Å². The van der Waals surface area contributed by atoms with Gasteiger partial charge in [-0.3, -0.25) is 0 Å². The Labute approximate surface area is 148 Å². The van der Waals surface area contributed by atoms with Gasteiger partial charge in [0.2, 0.25) is 0 Å². The summed E-state index contributed by atoms with van der Waals surface area (Å²) >= 11 is 0. The molecule has 5 atom stereocenters. The highest BCUT2D eigenvalue weighted by Gasteiger charge is 2.43. The minimum Gasteiger partial charge on any atom is -0.504 e. The summed E-state index contributed by atoms with van der Waals surface area (Å²) in [6.45, 7) is -0.606. The van der Waals surface area contributed by atoms with Crippen LogP contribution in [0.15, 0.2) is 23.3 Å². The van der Waals surface area contributed by atoms with Crippen LogP contribution in [-0.2, 0) is 4.74 Å². The summed E-state index contributed by atoms with van der Waals surface area (Å²) in [5.74, 6) is 0.192. The van der Waals surface area contributed by atoms with Crippen LogP contribution in [0.2, 0.25) is 0 Å². The summed E-state index contributed by atoms with van der Waals surface area (Å²) in [7, 11) is 1.39. The molecule has 0 unspecified atom stereocenters. The standard InChI is InChI=1S/C15H21N3O8/c1-25-9-4-7(2-3-8(9)20)5-16-18-15(24)17-14-13(23)12(22)11(21)10(6-19)26-14/h2-5,10-14,19-23H,6H2,1H3,(H2,17,18,24)/b16-5-/t10-,11+,12-,13-,14-/m0/s1. The molecule has 1 heterocycles. The monoisotopic (exact) mass is 371 g/mol. The molecule has 7 N–H and O–H groups in total. The average Bonchev–Trinajstić information content (AvgIpc) is 2.63. The second kappa shape index (κ2) is 8.78. The summed E-state index contributed by atoms with van der Waals surface area (Å²) in [4.78, 5) is 11.8. The van der Waals surface area contributed by atoms with Crippen molar-refractivity contribution in [2.24, 2.45) is 5.10 Å². The lowest BCUT2D eigenvalue weighted by atomic mass is 9.98. The molecular formula is C15H21N3O8. The quantitative estimate of drug-likeness (QED) is 0.226. The number of amides is 2. The van der Waals surface area contributed by atoms with Crippen LogP contribution in [0.5, 0.6) is 11.5 Å². The second-order valence-corrected chi connectivity index (χ2v) is 5.52. The van der Waals surface area contributed by atoms with Gasteiger partial charge < -0.3 is 40.3 Å². The molecule has 2 amide bonds. The van der Waals surface area contributed by atoms with E-state index in [0.29, 0.717) is 5.56 Å². The van der Waals surface area contributed by atoms with Gasteiger partial charge in [-0.15, -0.1) is 0 Å². The van der Waals surface area contributed by atoms with E-state index in [1.54, 1.807) is 6.07 Å². The number of phenolic OH excluding ortho intramolecular Hbond substituents is 1. The van der Waals surface area contributed by atoms with Gasteiger partial charge >= 0.3 is 6.03 Å². The molecule has 11 nitrogen and oxygen atoms in total. The summed E-state index contributed by atoms with van der Waals surface area (Å²) in [6, 6.07) is 3.58. The molecule has 0 spiro atoms. The van der Waals surface area contributed by atoms with Crippen LogP contribution in [-0.4, -0.2) is 82.1 Å². The largest absolute Gasteiger partial charge is 0.504 e. The first-order valence-electron chi connectivity index (χ1n) is 7.64. The predicted molar refractivity (Wildman–Crippen MR) is 87.7 cm³/mol. The number of aliphatic hydroxyl groups excluding tert-OH is 4. The van der Waals surface area contributed by atoms with E-state index in [-0.39, 0.29) is 11.5 Å². The maximum atomic E-state index is 11.8. The smallest absolute Gasteiger partial charge is 0.337 e. The van der Waals surface area contributed by atoms with Gasteiger partial charge in [0.1, 0.15) is 24.4 Å². The van der Waals surface area contributed by atoms with E-state index >= 15 is 0 Å². The molecule has 1 saturated heterocycles. The van der Waals surface area contributed by atoms with E-state index in [1.165, 1.54) is 25.5 Å². The zero-order valence-electron chi connectivity index (χ0n) is 13.8. The highest BCUT2D eigenvalue weighted by atomic mass is 16.6. The number of nitrogens with one attached hydrogen (secondary N) is 2. The minimum absolute atomic E-state index is 0.0435. The lowest BCUT2D eigenvalue weighted by molar-refractivity contribution is -0.233. The fourth-order valence-electron chi connectivity index (χ4n) is 2.32. The van der Waals surface area contributed by atoms with Gasteiger partial charge in [0.25, 0.3) is 0 Å². The van der Waals surface area contributed by atoms with E-state index in [9.17, 15) is 25.2 Å². The van der Waals surface area contributed by atoms with Crippen molar-refractivity contribution in [3.8, 4) is 11.5 Å². The predicted octanol–water partition coefficient (Wildman–Crippen LogP) is -2.17. The van der Waals surface area contributed by atoms with E-state index in [0.717, 1.165) is 0 Å². The Morgan fingerprint density at radius 1 is 1.31 bits per heavy atom. The first-order chi connectivity index (χ1) is 12.4. The number of urea groups is 1. The summed E-state index contributed by atoms with van der Waals surface area (Å²) < 4.78 is 10.1. The molecule has 2 rings (SSSR count). The molecule has 1 aliphatic rings. The van der Waals surface area contributed by atoms with Crippen LogP contribution in [0, 0.1) is 0 Å². The number of hydrazone groups is 1. The number of ether oxygens (including phenoxy) is 2. The number of nitrogens with zero attached hydrogens (tertiary/aromatic N) is 1. The first kappa shape index (κ1) is 19.9. The molecule has 0 radical (unpaired) electrons. The van der Waals surface area contributed by atoms with Gasteiger partial charge in [0.05, 0.1) is 19.9 Å². The number of benzene rings is 1. The van der Waals surface area contributed by atoms with Gasteiger partial charge in [-0.05, 0) is 23.8 Å². The van der Waals surface area contributed by atoms with Gasteiger partial charge in [-0.25, -0.2) is 10.2 Å². The van der Waals surface area contributed by atoms with Crippen LogP contribution in [0.25, 0.3) is 0 Å². The molecule has 1 aromatic rings. The number of aromatic hydroxyl groups is 1. The van der Waals surface area contributed by atoms with Crippen molar-refractivity contribution in [3.63, 3.8) is 0 Å². The molecule has 0 aliphatic carbocycles. The fourth-order valence-corrected chi connectivity index (χ4v) is 2.32. The maximum absolute atomic E-state index is 11.8. The molecule has 11 heteroatoms. The minimum atomic E-state index is -1.60. The van der Waals surface area contributed by atoms with Crippen LogP contribution < -0.4 is 15.5 Å². The Balaban J connectivity index is 1.92. The first-order valence-corrected chi connectivity index (χ1v) is 7.64. The van der Waals surface area contributed by atoms with E-state index in [1.807, 2.05) is 0 Å². The molecular weight excluding hydrogens is 350 g/mol. The molecule has 0 saturated carbocycles. The van der Waals surface area contributed by atoms with Crippen molar-refractivity contribution in [3.05, 3.63) is 23.8 Å². The Morgan fingerprint density at radius 2 is 2.04 bits per heavy atom.